The van der Waals surface area contributed by atoms with Crippen molar-refractivity contribution in [1.82, 2.24) is 14.9 Å². The molecule has 0 saturated carbocycles. The number of ether oxygens (including phenoxy) is 1. The number of likely N-dealkylation sites (N-methyl/N-ethyl adjacent to an activating group) is 1. The van der Waals surface area contributed by atoms with Gasteiger partial charge in [-0.05, 0) is 23.8 Å². The zero-order valence-electron chi connectivity index (χ0n) is 16.5. The second kappa shape index (κ2) is 9.15. The van der Waals surface area contributed by atoms with Gasteiger partial charge >= 0.3 is 0 Å². The van der Waals surface area contributed by atoms with Crippen LogP contribution in [-0.2, 0) is 22.5 Å². The summed E-state index contributed by atoms with van der Waals surface area (Å²) in [6, 6.07) is 12.2. The van der Waals surface area contributed by atoms with Gasteiger partial charge in [0.2, 0.25) is 5.91 Å². The lowest BCUT2D eigenvalue weighted by Gasteiger charge is -2.31. The summed E-state index contributed by atoms with van der Waals surface area (Å²) in [4.78, 5) is 25.6. The van der Waals surface area contributed by atoms with Crippen molar-refractivity contribution in [3.8, 4) is 10.6 Å². The lowest BCUT2D eigenvalue weighted by atomic mass is 10.1. The number of carbonyl (C=O) groups is 1. The molecule has 0 atom stereocenters. The Bertz CT molecular complexity index is 954. The van der Waals surface area contributed by atoms with Gasteiger partial charge < -0.3 is 14.5 Å². The first-order valence-electron chi connectivity index (χ1n) is 9.70. The Morgan fingerprint density at radius 1 is 1.21 bits per heavy atom. The minimum atomic E-state index is 0.0600. The van der Waals surface area contributed by atoms with Crippen molar-refractivity contribution in [2.45, 2.75) is 13.0 Å². The van der Waals surface area contributed by atoms with E-state index in [0.717, 1.165) is 48.1 Å². The molecule has 0 radical (unpaired) electrons. The SMILES string of the molecule is CN(Cc1ccccc1N1CCOCC1)C(=O)Cc1csc(-c2cccnc2)n1. The largest absolute Gasteiger partial charge is 0.378 e. The van der Waals surface area contributed by atoms with Crippen molar-refractivity contribution in [2.24, 2.45) is 0 Å². The molecule has 150 valence electrons. The number of para-hydroxylation sites is 1. The summed E-state index contributed by atoms with van der Waals surface area (Å²) >= 11 is 1.54. The fourth-order valence-electron chi connectivity index (χ4n) is 3.40. The average Bonchev–Trinajstić information content (AvgIpc) is 3.24. The third-order valence-electron chi connectivity index (χ3n) is 4.97. The Balaban J connectivity index is 1.41. The average molecular weight is 409 g/mol. The van der Waals surface area contributed by atoms with Crippen molar-refractivity contribution < 1.29 is 9.53 Å². The van der Waals surface area contributed by atoms with Crippen LogP contribution in [0.15, 0.2) is 54.2 Å². The first-order valence-corrected chi connectivity index (χ1v) is 10.6. The normalized spacial score (nSPS) is 14.0. The van der Waals surface area contributed by atoms with Gasteiger partial charge in [0.15, 0.2) is 0 Å². The topological polar surface area (TPSA) is 58.6 Å². The summed E-state index contributed by atoms with van der Waals surface area (Å²) in [5.41, 5.74) is 4.11. The number of carbonyl (C=O) groups excluding carboxylic acids is 1. The second-order valence-electron chi connectivity index (χ2n) is 7.04. The summed E-state index contributed by atoms with van der Waals surface area (Å²) in [6.07, 6.45) is 3.83. The highest BCUT2D eigenvalue weighted by atomic mass is 32.1. The van der Waals surface area contributed by atoms with E-state index in [4.69, 9.17) is 4.74 Å². The Hall–Kier alpha value is -2.77. The maximum Gasteiger partial charge on any atom is 0.228 e. The van der Waals surface area contributed by atoms with Crippen molar-refractivity contribution >= 4 is 22.9 Å². The molecule has 0 unspecified atom stereocenters. The first kappa shape index (κ1) is 19.5. The van der Waals surface area contributed by atoms with E-state index in [-0.39, 0.29) is 5.91 Å². The van der Waals surface area contributed by atoms with Crippen LogP contribution in [0.2, 0.25) is 0 Å². The lowest BCUT2D eigenvalue weighted by Crippen LogP contribution is -2.37. The maximum absolute atomic E-state index is 12.8. The number of hydrogen-bond donors (Lipinski definition) is 0. The van der Waals surface area contributed by atoms with Crippen molar-refractivity contribution in [3.63, 3.8) is 0 Å². The molecule has 3 aromatic rings. The molecule has 0 N–H and O–H groups in total. The summed E-state index contributed by atoms with van der Waals surface area (Å²) < 4.78 is 5.46. The van der Waals surface area contributed by atoms with Crippen LogP contribution in [0, 0.1) is 0 Å². The third kappa shape index (κ3) is 4.81. The van der Waals surface area contributed by atoms with Gasteiger partial charge in [0.05, 0.1) is 25.3 Å². The fourth-order valence-corrected chi connectivity index (χ4v) is 4.21. The lowest BCUT2D eigenvalue weighted by molar-refractivity contribution is -0.129. The van der Waals surface area contributed by atoms with E-state index in [1.54, 1.807) is 28.6 Å². The molecule has 0 bridgehead atoms. The van der Waals surface area contributed by atoms with E-state index in [9.17, 15) is 4.79 Å². The second-order valence-corrected chi connectivity index (χ2v) is 7.90. The number of nitrogens with zero attached hydrogens (tertiary/aromatic N) is 4. The van der Waals surface area contributed by atoms with E-state index >= 15 is 0 Å². The molecule has 1 aliphatic heterocycles. The number of amides is 1. The Kier molecular flexibility index (Phi) is 6.17. The highest BCUT2D eigenvalue weighted by Gasteiger charge is 2.18. The van der Waals surface area contributed by atoms with Crippen molar-refractivity contribution in [1.29, 1.82) is 0 Å². The van der Waals surface area contributed by atoms with Crippen molar-refractivity contribution in [3.05, 3.63) is 65.4 Å². The summed E-state index contributed by atoms with van der Waals surface area (Å²) in [5.74, 6) is 0.0600. The number of anilines is 1. The van der Waals surface area contributed by atoms with Gasteiger partial charge in [-0.1, -0.05) is 18.2 Å². The summed E-state index contributed by atoms with van der Waals surface area (Å²) in [6.45, 7) is 3.82. The van der Waals surface area contributed by atoms with Crippen LogP contribution in [0.5, 0.6) is 0 Å². The zero-order valence-corrected chi connectivity index (χ0v) is 17.3. The van der Waals surface area contributed by atoms with Crippen LogP contribution < -0.4 is 4.90 Å². The minimum Gasteiger partial charge on any atom is -0.378 e. The molecule has 3 heterocycles. The Morgan fingerprint density at radius 2 is 2.03 bits per heavy atom. The summed E-state index contributed by atoms with van der Waals surface area (Å²) in [5, 5.41) is 2.84. The standard InChI is InChI=1S/C22H24N4O2S/c1-25(15-18-5-2-3-7-20(18)26-9-11-28-12-10-26)21(27)13-19-16-29-22(24-19)17-6-4-8-23-14-17/h2-8,14,16H,9-13,15H2,1H3. The molecule has 0 spiro atoms. The van der Waals surface area contributed by atoms with Crippen LogP contribution in [0.1, 0.15) is 11.3 Å². The smallest absolute Gasteiger partial charge is 0.228 e. The Labute approximate surface area is 174 Å². The molecule has 29 heavy (non-hydrogen) atoms. The van der Waals surface area contributed by atoms with Gasteiger partial charge in [0.1, 0.15) is 5.01 Å². The molecular formula is C22H24N4O2S. The van der Waals surface area contributed by atoms with Gasteiger partial charge in [-0.25, -0.2) is 4.98 Å². The van der Waals surface area contributed by atoms with Crippen LogP contribution in [0.3, 0.4) is 0 Å². The molecule has 2 aromatic heterocycles. The van der Waals surface area contributed by atoms with Gasteiger partial charge in [0, 0.05) is 55.7 Å². The number of thiazole rings is 1. The quantitative estimate of drug-likeness (QED) is 0.627. The number of hydrogen-bond acceptors (Lipinski definition) is 6. The number of pyridine rings is 1. The number of aromatic nitrogens is 2. The van der Waals surface area contributed by atoms with E-state index in [2.05, 4.69) is 27.0 Å². The molecule has 1 saturated heterocycles. The predicted octanol–water partition coefficient (Wildman–Crippen LogP) is 3.24. The van der Waals surface area contributed by atoms with E-state index < -0.39 is 0 Å². The molecule has 1 aromatic carbocycles. The van der Waals surface area contributed by atoms with Gasteiger partial charge in [0.25, 0.3) is 0 Å². The van der Waals surface area contributed by atoms with Gasteiger partial charge in [-0.15, -0.1) is 11.3 Å². The highest BCUT2D eigenvalue weighted by molar-refractivity contribution is 7.13. The molecule has 4 rings (SSSR count). The molecule has 1 amide bonds. The van der Waals surface area contributed by atoms with Crippen LogP contribution in [0.25, 0.3) is 10.6 Å². The van der Waals surface area contributed by atoms with Crippen LogP contribution in [-0.4, -0.2) is 54.1 Å². The fraction of sp³-hybridized carbons (Fsp3) is 0.318. The Morgan fingerprint density at radius 3 is 2.83 bits per heavy atom. The maximum atomic E-state index is 12.8. The third-order valence-corrected chi connectivity index (χ3v) is 5.91. The molecule has 1 aliphatic rings. The molecule has 7 heteroatoms. The molecule has 1 fully saturated rings. The minimum absolute atomic E-state index is 0.0600. The van der Waals surface area contributed by atoms with E-state index in [1.165, 1.54) is 5.69 Å². The van der Waals surface area contributed by atoms with Crippen LogP contribution in [0.4, 0.5) is 5.69 Å². The molecular weight excluding hydrogens is 384 g/mol. The highest BCUT2D eigenvalue weighted by Crippen LogP contribution is 2.24. The monoisotopic (exact) mass is 408 g/mol. The first-order chi connectivity index (χ1) is 14.2. The van der Waals surface area contributed by atoms with Crippen LogP contribution >= 0.6 is 11.3 Å². The molecule has 0 aliphatic carbocycles. The van der Waals surface area contributed by atoms with Gasteiger partial charge in [-0.3, -0.25) is 9.78 Å². The molecule has 6 nitrogen and oxygen atoms in total. The zero-order chi connectivity index (χ0) is 20.1. The summed E-state index contributed by atoms with van der Waals surface area (Å²) in [7, 11) is 1.85. The van der Waals surface area contributed by atoms with Crippen molar-refractivity contribution in [2.75, 3.05) is 38.3 Å². The van der Waals surface area contributed by atoms with E-state index in [0.29, 0.717) is 13.0 Å². The van der Waals surface area contributed by atoms with Gasteiger partial charge in [-0.2, -0.15) is 0 Å². The van der Waals surface area contributed by atoms with E-state index in [1.807, 2.05) is 36.7 Å². The number of benzene rings is 1. The number of morpholine rings is 1. The number of rotatable bonds is 6. The predicted molar refractivity (Wildman–Crippen MR) is 115 cm³/mol.